The van der Waals surface area contributed by atoms with Crippen LogP contribution in [0.2, 0.25) is 0 Å². The topological polar surface area (TPSA) is 98.8 Å². The predicted molar refractivity (Wildman–Crippen MR) is 157 cm³/mol. The molecule has 0 saturated heterocycles. The molecule has 0 bridgehead atoms. The van der Waals surface area contributed by atoms with Gasteiger partial charge in [0.25, 0.3) is 0 Å². The third kappa shape index (κ3) is 6.82. The molecule has 8 nitrogen and oxygen atoms in total. The highest BCUT2D eigenvalue weighted by atomic mass is 19.1. The van der Waals surface area contributed by atoms with Gasteiger partial charge in [0.1, 0.15) is 12.4 Å². The molecule has 0 radical (unpaired) electrons. The van der Waals surface area contributed by atoms with Gasteiger partial charge < -0.3 is 24.8 Å². The number of para-hydroxylation sites is 1. The zero-order chi connectivity index (χ0) is 29.3. The van der Waals surface area contributed by atoms with Gasteiger partial charge in [-0.15, -0.1) is 0 Å². The Balaban J connectivity index is 1.33. The van der Waals surface area contributed by atoms with E-state index in [-0.39, 0.29) is 23.7 Å². The molecular formula is C33H28FN3O5. The second kappa shape index (κ2) is 13.3. The van der Waals surface area contributed by atoms with Crippen molar-refractivity contribution in [3.8, 4) is 23.0 Å². The number of amides is 2. The van der Waals surface area contributed by atoms with Crippen LogP contribution in [-0.4, -0.2) is 30.5 Å². The van der Waals surface area contributed by atoms with E-state index in [1.54, 1.807) is 18.2 Å². The summed E-state index contributed by atoms with van der Waals surface area (Å²) in [4.78, 5) is 29.5. The number of aromatic nitrogens is 1. The van der Waals surface area contributed by atoms with Gasteiger partial charge in [-0.3, -0.25) is 14.6 Å². The zero-order valence-corrected chi connectivity index (χ0v) is 22.8. The molecule has 0 spiro atoms. The van der Waals surface area contributed by atoms with E-state index in [1.807, 2.05) is 60.7 Å². The number of rotatable bonds is 10. The molecule has 9 heteroatoms. The van der Waals surface area contributed by atoms with Crippen LogP contribution >= 0.6 is 0 Å². The first kappa shape index (κ1) is 28.1. The molecular weight excluding hydrogens is 537 g/mol. The van der Waals surface area contributed by atoms with Crippen molar-refractivity contribution in [3.63, 3.8) is 0 Å². The number of carbonyl (C=O) groups is 2. The lowest BCUT2D eigenvalue weighted by atomic mass is 10.1. The first-order valence-electron chi connectivity index (χ1n) is 13.2. The number of hydrogen-bond donors (Lipinski definition) is 2. The van der Waals surface area contributed by atoms with E-state index in [9.17, 15) is 9.59 Å². The third-order valence-corrected chi connectivity index (χ3v) is 6.40. The van der Waals surface area contributed by atoms with Crippen LogP contribution in [0.15, 0.2) is 103 Å². The molecule has 5 rings (SSSR count). The number of pyridine rings is 1. The third-order valence-electron chi connectivity index (χ3n) is 6.40. The minimum Gasteiger partial charge on any atom is -0.493 e. The first-order chi connectivity index (χ1) is 20.5. The molecule has 0 aliphatic carbocycles. The van der Waals surface area contributed by atoms with Crippen LogP contribution in [0.1, 0.15) is 11.1 Å². The largest absolute Gasteiger partial charge is 0.493 e. The molecule has 2 N–H and O–H groups in total. The standard InChI is InChI=1S/C33H28FN3O5/c1-40-29-19-24-27(20-30(29)41-21-23-11-6-3-7-12-23)35-18-16-28(24)42-31-25(34)13-8-14-26(31)37-33(39)32(38)36-17-15-22-9-4-2-5-10-22/h2-14,16,18-20H,15,17,21H2,1H3,(H,36,38)(H,37,39). The normalized spacial score (nSPS) is 10.6. The molecule has 0 atom stereocenters. The number of nitrogens with one attached hydrogen (secondary N) is 2. The summed E-state index contributed by atoms with van der Waals surface area (Å²) in [5.41, 5.74) is 2.54. The molecule has 1 heterocycles. The number of nitrogens with zero attached hydrogens (tertiary/aromatic N) is 1. The van der Waals surface area contributed by atoms with Gasteiger partial charge in [0, 0.05) is 24.2 Å². The minimum absolute atomic E-state index is 0.00190. The van der Waals surface area contributed by atoms with Crippen LogP contribution in [0.25, 0.3) is 10.9 Å². The molecule has 212 valence electrons. The molecule has 5 aromatic rings. The number of anilines is 1. The van der Waals surface area contributed by atoms with Crippen LogP contribution in [0, 0.1) is 5.82 Å². The lowest BCUT2D eigenvalue weighted by Crippen LogP contribution is -2.36. The van der Waals surface area contributed by atoms with Crippen molar-refractivity contribution in [2.75, 3.05) is 19.0 Å². The van der Waals surface area contributed by atoms with Crippen molar-refractivity contribution in [1.82, 2.24) is 10.3 Å². The summed E-state index contributed by atoms with van der Waals surface area (Å²) in [7, 11) is 1.52. The van der Waals surface area contributed by atoms with Gasteiger partial charge >= 0.3 is 11.8 Å². The fourth-order valence-corrected chi connectivity index (χ4v) is 4.27. The molecule has 4 aromatic carbocycles. The van der Waals surface area contributed by atoms with Crippen molar-refractivity contribution in [2.45, 2.75) is 13.0 Å². The molecule has 42 heavy (non-hydrogen) atoms. The van der Waals surface area contributed by atoms with Gasteiger partial charge in [-0.1, -0.05) is 66.7 Å². The SMILES string of the molecule is COc1cc2c(Oc3c(F)cccc3NC(=O)C(=O)NCCc3ccccc3)ccnc2cc1OCc1ccccc1. The summed E-state index contributed by atoms with van der Waals surface area (Å²) in [5, 5.41) is 5.56. The summed E-state index contributed by atoms with van der Waals surface area (Å²) in [6, 6.07) is 28.3. The van der Waals surface area contributed by atoms with Gasteiger partial charge in [-0.25, -0.2) is 4.39 Å². The highest BCUT2D eigenvalue weighted by molar-refractivity contribution is 6.39. The van der Waals surface area contributed by atoms with E-state index in [2.05, 4.69) is 15.6 Å². The van der Waals surface area contributed by atoms with E-state index in [1.165, 1.54) is 31.5 Å². The Morgan fingerprint density at radius 1 is 0.810 bits per heavy atom. The number of carbonyl (C=O) groups excluding carboxylic acids is 2. The van der Waals surface area contributed by atoms with Crippen LogP contribution in [0.4, 0.5) is 10.1 Å². The fourth-order valence-electron chi connectivity index (χ4n) is 4.27. The Bertz CT molecular complexity index is 1700. The Labute approximate surface area is 242 Å². The van der Waals surface area contributed by atoms with Gasteiger partial charge in [0.05, 0.1) is 18.3 Å². The van der Waals surface area contributed by atoms with Gasteiger partial charge in [-0.2, -0.15) is 0 Å². The Kier molecular flexibility index (Phi) is 8.88. The smallest absolute Gasteiger partial charge is 0.313 e. The van der Waals surface area contributed by atoms with Crippen LogP contribution < -0.4 is 24.8 Å². The lowest BCUT2D eigenvalue weighted by molar-refractivity contribution is -0.136. The number of hydrogen-bond acceptors (Lipinski definition) is 6. The monoisotopic (exact) mass is 565 g/mol. The lowest BCUT2D eigenvalue weighted by Gasteiger charge is -2.16. The van der Waals surface area contributed by atoms with E-state index >= 15 is 4.39 Å². The molecule has 2 amide bonds. The fraction of sp³-hybridized carbons (Fsp3) is 0.121. The zero-order valence-electron chi connectivity index (χ0n) is 22.8. The number of fused-ring (bicyclic) bond motifs is 1. The summed E-state index contributed by atoms with van der Waals surface area (Å²) >= 11 is 0. The van der Waals surface area contributed by atoms with Crippen molar-refractivity contribution in [1.29, 1.82) is 0 Å². The van der Waals surface area contributed by atoms with E-state index in [0.717, 1.165) is 11.1 Å². The number of benzene rings is 4. The van der Waals surface area contributed by atoms with Crippen molar-refractivity contribution < 1.29 is 28.2 Å². The average Bonchev–Trinajstić information content (AvgIpc) is 3.02. The second-order valence-electron chi connectivity index (χ2n) is 9.27. The summed E-state index contributed by atoms with van der Waals surface area (Å²) < 4.78 is 32.5. The van der Waals surface area contributed by atoms with E-state index in [0.29, 0.717) is 35.4 Å². The maximum Gasteiger partial charge on any atom is 0.313 e. The van der Waals surface area contributed by atoms with Crippen LogP contribution in [0.3, 0.4) is 0 Å². The predicted octanol–water partition coefficient (Wildman–Crippen LogP) is 6.05. The maximum atomic E-state index is 15.0. The Morgan fingerprint density at radius 2 is 1.55 bits per heavy atom. The number of ether oxygens (including phenoxy) is 3. The minimum atomic E-state index is -0.944. The van der Waals surface area contributed by atoms with Gasteiger partial charge in [0.15, 0.2) is 23.1 Å². The molecule has 0 saturated carbocycles. The van der Waals surface area contributed by atoms with E-state index in [4.69, 9.17) is 14.2 Å². The summed E-state index contributed by atoms with van der Waals surface area (Å²) in [5.74, 6) is -1.58. The van der Waals surface area contributed by atoms with Gasteiger partial charge in [0.2, 0.25) is 0 Å². The average molecular weight is 566 g/mol. The second-order valence-corrected chi connectivity index (χ2v) is 9.27. The maximum absolute atomic E-state index is 15.0. The highest BCUT2D eigenvalue weighted by Crippen LogP contribution is 2.39. The summed E-state index contributed by atoms with van der Waals surface area (Å²) in [6.45, 7) is 0.599. The Hall–Kier alpha value is -5.44. The molecule has 0 fully saturated rings. The van der Waals surface area contributed by atoms with Gasteiger partial charge in [-0.05, 0) is 41.8 Å². The molecule has 0 aliphatic rings. The van der Waals surface area contributed by atoms with Crippen LogP contribution in [-0.2, 0) is 22.6 Å². The van der Waals surface area contributed by atoms with Crippen molar-refractivity contribution in [2.24, 2.45) is 0 Å². The molecule has 1 aromatic heterocycles. The Morgan fingerprint density at radius 3 is 2.29 bits per heavy atom. The van der Waals surface area contributed by atoms with Crippen LogP contribution in [0.5, 0.6) is 23.0 Å². The highest BCUT2D eigenvalue weighted by Gasteiger charge is 2.20. The quantitative estimate of drug-likeness (QED) is 0.200. The molecule has 0 unspecified atom stereocenters. The number of halogens is 1. The van der Waals surface area contributed by atoms with Crippen molar-refractivity contribution in [3.05, 3.63) is 120 Å². The molecule has 0 aliphatic heterocycles. The van der Waals surface area contributed by atoms with E-state index < -0.39 is 17.6 Å². The number of methoxy groups -OCH3 is 1. The summed E-state index contributed by atoms with van der Waals surface area (Å²) in [6.07, 6.45) is 2.08. The van der Waals surface area contributed by atoms with Crippen molar-refractivity contribution >= 4 is 28.4 Å². The first-order valence-corrected chi connectivity index (χ1v) is 13.2.